The molecule has 0 spiro atoms. The number of benzene rings is 1. The lowest BCUT2D eigenvalue weighted by atomic mass is 10.2. The molecule has 19 heavy (non-hydrogen) atoms. The highest BCUT2D eigenvalue weighted by molar-refractivity contribution is 9.10. The van der Waals surface area contributed by atoms with Gasteiger partial charge in [-0.2, -0.15) is 5.10 Å². The highest BCUT2D eigenvalue weighted by atomic mass is 79.9. The molecule has 0 aliphatic rings. The number of nitrogens with two attached hydrogens (primary N) is 1. The van der Waals surface area contributed by atoms with E-state index in [2.05, 4.69) is 26.0 Å². The first-order valence-corrected chi connectivity index (χ1v) is 7.03. The fourth-order valence-corrected chi connectivity index (χ4v) is 2.36. The molecule has 0 bridgehead atoms. The molecular weight excluding hydrogens is 311 g/mol. The van der Waals surface area contributed by atoms with Crippen LogP contribution < -0.4 is 5.73 Å². The average Bonchev–Trinajstić information content (AvgIpc) is 2.85. The zero-order chi connectivity index (χ0) is 14.0. The fraction of sp³-hybridized carbons (Fsp3) is 0.385. The number of hydrogen-bond donors (Lipinski definition) is 1. The SMILES string of the molecule is CCc1nc(CC)n(-c2ccc(CN)c(Br)c2F)n1. The standard InChI is InChI=1S/C13H16BrFN4/c1-3-10-17-11(4-2)19(18-10)9-6-5-8(7-16)12(14)13(9)15/h5-6H,3-4,7,16H2,1-2H3. The van der Waals surface area contributed by atoms with Crippen LogP contribution in [-0.2, 0) is 19.4 Å². The third-order valence-corrected chi connectivity index (χ3v) is 3.80. The van der Waals surface area contributed by atoms with Crippen LogP contribution in [0.25, 0.3) is 5.69 Å². The van der Waals surface area contributed by atoms with Gasteiger partial charge in [-0.1, -0.05) is 19.9 Å². The monoisotopic (exact) mass is 326 g/mol. The van der Waals surface area contributed by atoms with Crippen molar-refractivity contribution in [3.63, 3.8) is 0 Å². The van der Waals surface area contributed by atoms with Gasteiger partial charge in [-0.25, -0.2) is 14.1 Å². The third kappa shape index (κ3) is 2.55. The third-order valence-electron chi connectivity index (χ3n) is 2.94. The molecule has 6 heteroatoms. The quantitative estimate of drug-likeness (QED) is 0.939. The lowest BCUT2D eigenvalue weighted by Gasteiger charge is -2.09. The Labute approximate surface area is 120 Å². The highest BCUT2D eigenvalue weighted by Crippen LogP contribution is 2.26. The smallest absolute Gasteiger partial charge is 0.163 e. The van der Waals surface area contributed by atoms with Crippen molar-refractivity contribution in [2.24, 2.45) is 5.73 Å². The van der Waals surface area contributed by atoms with Crippen LogP contribution in [-0.4, -0.2) is 14.8 Å². The van der Waals surface area contributed by atoms with Crippen LogP contribution in [0.1, 0.15) is 31.1 Å². The maximum Gasteiger partial charge on any atom is 0.163 e. The molecule has 0 fully saturated rings. The predicted octanol–water partition coefficient (Wildman–Crippen LogP) is 2.75. The van der Waals surface area contributed by atoms with Gasteiger partial charge in [-0.15, -0.1) is 0 Å². The van der Waals surface area contributed by atoms with E-state index in [4.69, 9.17) is 5.73 Å². The van der Waals surface area contributed by atoms with E-state index in [0.717, 1.165) is 23.6 Å². The molecule has 1 heterocycles. The van der Waals surface area contributed by atoms with Gasteiger partial charge in [0.25, 0.3) is 0 Å². The van der Waals surface area contributed by atoms with E-state index in [1.165, 1.54) is 0 Å². The van der Waals surface area contributed by atoms with E-state index in [1.54, 1.807) is 16.8 Å². The molecule has 0 saturated heterocycles. The summed E-state index contributed by atoms with van der Waals surface area (Å²) in [5.74, 6) is 1.11. The normalized spacial score (nSPS) is 11.0. The molecule has 2 rings (SSSR count). The molecule has 4 nitrogen and oxygen atoms in total. The van der Waals surface area contributed by atoms with Crippen LogP contribution in [0.5, 0.6) is 0 Å². The highest BCUT2D eigenvalue weighted by Gasteiger charge is 2.16. The van der Waals surface area contributed by atoms with Gasteiger partial charge in [0.2, 0.25) is 0 Å². The van der Waals surface area contributed by atoms with E-state index in [9.17, 15) is 4.39 Å². The summed E-state index contributed by atoms with van der Waals surface area (Å²) in [6.07, 6.45) is 1.42. The maximum atomic E-state index is 14.4. The second-order valence-electron chi connectivity index (χ2n) is 4.14. The van der Waals surface area contributed by atoms with Crippen LogP contribution in [0.4, 0.5) is 4.39 Å². The van der Waals surface area contributed by atoms with Gasteiger partial charge >= 0.3 is 0 Å². The first-order valence-electron chi connectivity index (χ1n) is 6.24. The number of aromatic nitrogens is 3. The molecule has 2 aromatic rings. The molecule has 0 amide bonds. The van der Waals surface area contributed by atoms with E-state index in [1.807, 2.05) is 13.8 Å². The number of rotatable bonds is 4. The minimum atomic E-state index is -0.356. The Balaban J connectivity index is 2.59. The van der Waals surface area contributed by atoms with Gasteiger partial charge < -0.3 is 5.73 Å². The molecule has 2 N–H and O–H groups in total. The summed E-state index contributed by atoms with van der Waals surface area (Å²) < 4.78 is 16.3. The molecule has 0 aliphatic carbocycles. The van der Waals surface area contributed by atoms with Crippen LogP contribution in [0.2, 0.25) is 0 Å². The first-order chi connectivity index (χ1) is 9.12. The lowest BCUT2D eigenvalue weighted by Crippen LogP contribution is -2.07. The van der Waals surface area contributed by atoms with Crippen LogP contribution >= 0.6 is 15.9 Å². The predicted molar refractivity (Wildman–Crippen MR) is 75.7 cm³/mol. The van der Waals surface area contributed by atoms with E-state index in [0.29, 0.717) is 16.6 Å². The van der Waals surface area contributed by atoms with Crippen molar-refractivity contribution in [2.75, 3.05) is 0 Å². The van der Waals surface area contributed by atoms with Gasteiger partial charge in [-0.05, 0) is 27.6 Å². The van der Waals surface area contributed by atoms with Crippen molar-refractivity contribution in [2.45, 2.75) is 33.2 Å². The topological polar surface area (TPSA) is 56.7 Å². The summed E-state index contributed by atoms with van der Waals surface area (Å²) in [4.78, 5) is 4.38. The van der Waals surface area contributed by atoms with Crippen molar-refractivity contribution in [3.05, 3.63) is 39.6 Å². The Morgan fingerprint density at radius 2 is 2.05 bits per heavy atom. The molecule has 0 saturated carbocycles. The van der Waals surface area contributed by atoms with Crippen LogP contribution in [0, 0.1) is 5.82 Å². The van der Waals surface area contributed by atoms with Gasteiger partial charge in [0.1, 0.15) is 11.5 Å². The number of aryl methyl sites for hydroxylation is 2. The summed E-state index contributed by atoms with van der Waals surface area (Å²) in [6.45, 7) is 4.24. The Bertz CT molecular complexity index is 595. The Morgan fingerprint density at radius 1 is 1.32 bits per heavy atom. The summed E-state index contributed by atoms with van der Waals surface area (Å²) in [5, 5.41) is 4.34. The van der Waals surface area contributed by atoms with Crippen molar-refractivity contribution >= 4 is 15.9 Å². The Hall–Kier alpha value is -1.27. The summed E-state index contributed by atoms with van der Waals surface area (Å²) >= 11 is 3.24. The molecular formula is C13H16BrFN4. The van der Waals surface area contributed by atoms with E-state index in [-0.39, 0.29) is 12.4 Å². The molecule has 0 atom stereocenters. The van der Waals surface area contributed by atoms with Crippen molar-refractivity contribution < 1.29 is 4.39 Å². The molecule has 102 valence electrons. The van der Waals surface area contributed by atoms with Gasteiger partial charge in [0, 0.05) is 19.4 Å². The van der Waals surface area contributed by atoms with E-state index >= 15 is 0 Å². The van der Waals surface area contributed by atoms with Crippen molar-refractivity contribution in [3.8, 4) is 5.69 Å². The first kappa shape index (κ1) is 14.1. The summed E-state index contributed by atoms with van der Waals surface area (Å²) in [5.41, 5.74) is 6.69. The fourth-order valence-electron chi connectivity index (χ4n) is 1.86. The molecule has 1 aromatic carbocycles. The van der Waals surface area contributed by atoms with Crippen molar-refractivity contribution in [1.29, 1.82) is 0 Å². The molecule has 1 aromatic heterocycles. The Kier molecular flexibility index (Phi) is 4.31. The minimum Gasteiger partial charge on any atom is -0.326 e. The van der Waals surface area contributed by atoms with Gasteiger partial charge in [0.05, 0.1) is 4.47 Å². The average molecular weight is 327 g/mol. The molecule has 0 aliphatic heterocycles. The number of nitrogens with zero attached hydrogens (tertiary/aromatic N) is 3. The number of hydrogen-bond acceptors (Lipinski definition) is 3. The molecule has 0 unspecified atom stereocenters. The van der Waals surface area contributed by atoms with E-state index < -0.39 is 0 Å². The Morgan fingerprint density at radius 3 is 2.63 bits per heavy atom. The van der Waals surface area contributed by atoms with Crippen molar-refractivity contribution in [1.82, 2.24) is 14.8 Å². The zero-order valence-corrected chi connectivity index (χ0v) is 12.5. The second-order valence-corrected chi connectivity index (χ2v) is 4.93. The number of halogens is 2. The van der Waals surface area contributed by atoms with Crippen LogP contribution in [0.3, 0.4) is 0 Å². The second kappa shape index (κ2) is 5.79. The maximum absolute atomic E-state index is 14.4. The minimum absolute atomic E-state index is 0.288. The lowest BCUT2D eigenvalue weighted by molar-refractivity contribution is 0.596. The largest absolute Gasteiger partial charge is 0.326 e. The van der Waals surface area contributed by atoms with Crippen LogP contribution in [0.15, 0.2) is 16.6 Å². The summed E-state index contributed by atoms with van der Waals surface area (Å²) in [6, 6.07) is 3.49. The van der Waals surface area contributed by atoms with Gasteiger partial charge in [-0.3, -0.25) is 0 Å². The summed E-state index contributed by atoms with van der Waals surface area (Å²) in [7, 11) is 0. The van der Waals surface area contributed by atoms with Gasteiger partial charge in [0.15, 0.2) is 11.6 Å². The zero-order valence-electron chi connectivity index (χ0n) is 11.0. The molecule has 0 radical (unpaired) electrons.